The van der Waals surface area contributed by atoms with Gasteiger partial charge in [0.15, 0.2) is 0 Å². The van der Waals surface area contributed by atoms with E-state index in [9.17, 15) is 0 Å². The molecule has 0 amide bonds. The van der Waals surface area contributed by atoms with Gasteiger partial charge in [0.25, 0.3) is 0 Å². The van der Waals surface area contributed by atoms with E-state index in [1.165, 1.54) is 60.9 Å². The van der Waals surface area contributed by atoms with E-state index < -0.39 is 5.41 Å². The van der Waals surface area contributed by atoms with Crippen LogP contribution in [0.5, 0.6) is 5.75 Å². The summed E-state index contributed by atoms with van der Waals surface area (Å²) in [5.41, 5.74) is 11.4. The Bertz CT molecular complexity index is 2180. The van der Waals surface area contributed by atoms with Gasteiger partial charge in [-0.1, -0.05) is 141 Å². The average Bonchev–Trinajstić information content (AvgIpc) is 3.38. The van der Waals surface area contributed by atoms with E-state index in [0.29, 0.717) is 5.92 Å². The lowest BCUT2D eigenvalue weighted by Gasteiger charge is -2.39. The summed E-state index contributed by atoms with van der Waals surface area (Å²) in [4.78, 5) is 0. The van der Waals surface area contributed by atoms with Gasteiger partial charge in [-0.25, -0.2) is 0 Å². The van der Waals surface area contributed by atoms with Crippen LogP contribution in [-0.4, -0.2) is 0 Å². The van der Waals surface area contributed by atoms with Crippen LogP contribution in [0.3, 0.4) is 0 Å². The highest BCUT2D eigenvalue weighted by Gasteiger charge is 2.46. The fourth-order valence-corrected chi connectivity index (χ4v) is 8.35. The van der Waals surface area contributed by atoms with Gasteiger partial charge in [-0.05, 0) is 86.0 Å². The average molecular weight is 579 g/mol. The molecular weight excluding hydrogens is 544 g/mol. The van der Waals surface area contributed by atoms with Gasteiger partial charge >= 0.3 is 0 Å². The highest BCUT2D eigenvalue weighted by molar-refractivity contribution is 5.95. The molecule has 3 aliphatic rings. The quantitative estimate of drug-likeness (QED) is 0.203. The lowest BCUT2D eigenvalue weighted by molar-refractivity contribution is 0.368. The standard InChI is InChI=1S/C44H34O/c1-43(2)38-18-10-11-19-41(38)45-42-25-22-32(28-40(42)43)29-20-23-34(24-21-29)44(33-14-4-3-5-15-33)37-17-9-8-16-35(37)36-26-30-12-6-7-13-31(30)27-39(36)44/h3-27,32H,28H2,1-2H3. The Hall–Kier alpha value is -5.14. The first-order chi connectivity index (χ1) is 22.0. The van der Waals surface area contributed by atoms with Gasteiger partial charge in [0.2, 0.25) is 0 Å². The van der Waals surface area contributed by atoms with Crippen LogP contribution in [-0.2, 0) is 10.8 Å². The first-order valence-corrected chi connectivity index (χ1v) is 16.0. The fourth-order valence-electron chi connectivity index (χ4n) is 8.35. The zero-order valence-electron chi connectivity index (χ0n) is 25.6. The third kappa shape index (κ3) is 3.74. The third-order valence-electron chi connectivity index (χ3n) is 10.6. The van der Waals surface area contributed by atoms with Crippen LogP contribution in [0, 0.1) is 0 Å². The van der Waals surface area contributed by atoms with Gasteiger partial charge in [0.05, 0.1) is 5.41 Å². The van der Waals surface area contributed by atoms with E-state index >= 15 is 0 Å². The summed E-state index contributed by atoms with van der Waals surface area (Å²) < 4.78 is 6.39. The number of benzene rings is 6. The molecule has 0 spiro atoms. The summed E-state index contributed by atoms with van der Waals surface area (Å²) in [6.07, 6.45) is 5.49. The maximum Gasteiger partial charge on any atom is 0.131 e. The molecule has 6 aromatic rings. The number of hydrogen-bond acceptors (Lipinski definition) is 1. The Balaban J connectivity index is 1.17. The molecule has 45 heavy (non-hydrogen) atoms. The molecule has 0 saturated heterocycles. The molecule has 1 nitrogen and oxygen atoms in total. The van der Waals surface area contributed by atoms with Crippen molar-refractivity contribution in [1.29, 1.82) is 0 Å². The predicted molar refractivity (Wildman–Crippen MR) is 185 cm³/mol. The second-order valence-corrected chi connectivity index (χ2v) is 13.3. The molecule has 9 rings (SSSR count). The number of hydrogen-bond donors (Lipinski definition) is 0. The van der Waals surface area contributed by atoms with Crippen LogP contribution in [0.2, 0.25) is 0 Å². The zero-order chi connectivity index (χ0) is 30.2. The molecule has 0 radical (unpaired) electrons. The van der Waals surface area contributed by atoms with Gasteiger partial charge in [-0.2, -0.15) is 0 Å². The topological polar surface area (TPSA) is 9.23 Å². The van der Waals surface area contributed by atoms with Crippen LogP contribution >= 0.6 is 0 Å². The van der Waals surface area contributed by atoms with Crippen molar-refractivity contribution >= 4 is 10.8 Å². The van der Waals surface area contributed by atoms with Gasteiger partial charge in [0, 0.05) is 16.9 Å². The molecule has 1 heterocycles. The van der Waals surface area contributed by atoms with Crippen molar-refractivity contribution in [3.05, 3.63) is 196 Å². The number of fused-ring (bicyclic) bond motifs is 5. The summed E-state index contributed by atoms with van der Waals surface area (Å²) in [5.74, 6) is 2.29. The first kappa shape index (κ1) is 26.3. The molecule has 0 N–H and O–H groups in total. The smallest absolute Gasteiger partial charge is 0.131 e. The minimum atomic E-state index is -0.406. The van der Waals surface area contributed by atoms with Gasteiger partial charge in [-0.3, -0.25) is 0 Å². The SMILES string of the molecule is CC1(C)C2=C(C=CC(c3ccc(C4(c5ccccc5)c5ccccc5-c5cc6ccccc6cc54)cc3)C2)Oc2ccccc21. The molecule has 1 aliphatic heterocycles. The second kappa shape index (κ2) is 9.68. The maximum absolute atomic E-state index is 6.39. The lowest BCUT2D eigenvalue weighted by atomic mass is 9.67. The van der Waals surface area contributed by atoms with Crippen molar-refractivity contribution in [2.24, 2.45) is 0 Å². The Morgan fingerprint density at radius 3 is 2.02 bits per heavy atom. The lowest BCUT2D eigenvalue weighted by Crippen LogP contribution is -2.30. The molecule has 216 valence electrons. The zero-order valence-corrected chi connectivity index (χ0v) is 25.6. The van der Waals surface area contributed by atoms with E-state index in [0.717, 1.165) is 17.9 Å². The number of ether oxygens (including phenoxy) is 1. The Kier molecular flexibility index (Phi) is 5.65. The molecule has 1 heteroatoms. The van der Waals surface area contributed by atoms with Crippen molar-refractivity contribution in [1.82, 2.24) is 0 Å². The van der Waals surface area contributed by atoms with Crippen LogP contribution < -0.4 is 4.74 Å². The number of para-hydroxylation sites is 1. The highest BCUT2D eigenvalue weighted by Crippen LogP contribution is 2.57. The summed E-state index contributed by atoms with van der Waals surface area (Å²) in [7, 11) is 0. The molecule has 2 atom stereocenters. The summed E-state index contributed by atoms with van der Waals surface area (Å²) in [5, 5.41) is 2.55. The van der Waals surface area contributed by atoms with Crippen LogP contribution in [0.4, 0.5) is 0 Å². The van der Waals surface area contributed by atoms with E-state index in [2.05, 4.69) is 166 Å². The molecule has 2 unspecified atom stereocenters. The van der Waals surface area contributed by atoms with E-state index in [1.54, 1.807) is 0 Å². The van der Waals surface area contributed by atoms with Gasteiger partial charge < -0.3 is 4.74 Å². The van der Waals surface area contributed by atoms with Crippen molar-refractivity contribution in [2.45, 2.75) is 37.0 Å². The minimum Gasteiger partial charge on any atom is -0.457 e. The fraction of sp³-hybridized carbons (Fsp3) is 0.136. The Morgan fingerprint density at radius 2 is 1.22 bits per heavy atom. The van der Waals surface area contributed by atoms with Crippen molar-refractivity contribution in [2.75, 3.05) is 0 Å². The van der Waals surface area contributed by atoms with Crippen molar-refractivity contribution in [3.8, 4) is 16.9 Å². The molecule has 0 aromatic heterocycles. The number of allylic oxidation sites excluding steroid dienone is 3. The van der Waals surface area contributed by atoms with Crippen LogP contribution in [0.1, 0.15) is 59.6 Å². The van der Waals surface area contributed by atoms with Crippen molar-refractivity contribution in [3.63, 3.8) is 0 Å². The maximum atomic E-state index is 6.39. The predicted octanol–water partition coefficient (Wildman–Crippen LogP) is 10.9. The van der Waals surface area contributed by atoms with Crippen LogP contribution in [0.15, 0.2) is 163 Å². The van der Waals surface area contributed by atoms with Crippen LogP contribution in [0.25, 0.3) is 21.9 Å². The Labute approximate surface area is 265 Å². The van der Waals surface area contributed by atoms with E-state index in [-0.39, 0.29) is 5.41 Å². The van der Waals surface area contributed by atoms with Gasteiger partial charge in [0.1, 0.15) is 11.5 Å². The molecule has 0 bridgehead atoms. The minimum absolute atomic E-state index is 0.0788. The highest BCUT2D eigenvalue weighted by atomic mass is 16.5. The summed E-state index contributed by atoms with van der Waals surface area (Å²) >= 11 is 0. The number of rotatable bonds is 3. The monoisotopic (exact) mass is 578 g/mol. The molecule has 0 saturated carbocycles. The van der Waals surface area contributed by atoms with E-state index in [1.807, 2.05) is 0 Å². The third-order valence-corrected chi connectivity index (χ3v) is 10.6. The second-order valence-electron chi connectivity index (χ2n) is 13.3. The first-order valence-electron chi connectivity index (χ1n) is 16.0. The molecule has 6 aromatic carbocycles. The molecule has 2 aliphatic carbocycles. The van der Waals surface area contributed by atoms with Crippen molar-refractivity contribution < 1.29 is 4.74 Å². The van der Waals surface area contributed by atoms with E-state index in [4.69, 9.17) is 4.74 Å². The molecule has 0 fully saturated rings. The summed E-state index contributed by atoms with van der Waals surface area (Å²) in [6.45, 7) is 4.68. The Morgan fingerprint density at radius 1 is 0.578 bits per heavy atom. The largest absolute Gasteiger partial charge is 0.457 e. The molecular formula is C44H34O. The summed E-state index contributed by atoms with van der Waals surface area (Å²) in [6, 6.07) is 51.7. The normalized spacial score (nSPS) is 20.6. The van der Waals surface area contributed by atoms with Gasteiger partial charge in [-0.15, -0.1) is 0 Å².